The monoisotopic (exact) mass is 427 g/mol. The fourth-order valence-electron chi connectivity index (χ4n) is 3.70. The highest BCUT2D eigenvalue weighted by Gasteiger charge is 2.30. The molecule has 0 aliphatic carbocycles. The van der Waals surface area contributed by atoms with E-state index >= 15 is 0 Å². The summed E-state index contributed by atoms with van der Waals surface area (Å²) < 4.78 is 0. The highest BCUT2D eigenvalue weighted by Crippen LogP contribution is 2.25. The Morgan fingerprint density at radius 3 is 2.57 bits per heavy atom. The molecule has 1 aromatic carbocycles. The molecule has 1 heterocycles. The van der Waals surface area contributed by atoms with Gasteiger partial charge < -0.3 is 15.1 Å². The van der Waals surface area contributed by atoms with Gasteiger partial charge in [-0.25, -0.2) is 0 Å². The first kappa shape index (κ1) is 23.0. The van der Waals surface area contributed by atoms with E-state index in [4.69, 9.17) is 23.2 Å². The molecule has 1 aliphatic rings. The van der Waals surface area contributed by atoms with Gasteiger partial charge in [0.05, 0.1) is 16.0 Å². The zero-order chi connectivity index (χ0) is 20.8. The van der Waals surface area contributed by atoms with Gasteiger partial charge in [0, 0.05) is 31.2 Å². The standard InChI is InChI=1S/C21H31Cl2N3O2/c1-14(2)10-17(13-25(3)4)24-20(27)16-6-5-9-26(12-16)21(28)15-7-8-18(22)19(23)11-15/h7-8,11,14,16-17H,5-6,9-10,12-13H2,1-4H3,(H,24,27). The highest BCUT2D eigenvalue weighted by molar-refractivity contribution is 6.42. The number of carbonyl (C=O) groups excluding carboxylic acids is 2. The molecule has 2 rings (SSSR count). The topological polar surface area (TPSA) is 52.7 Å². The Labute approximate surface area is 178 Å². The minimum absolute atomic E-state index is 0.0409. The molecule has 1 N–H and O–H groups in total. The Balaban J connectivity index is 2.01. The lowest BCUT2D eigenvalue weighted by Crippen LogP contribution is -2.49. The molecular formula is C21H31Cl2N3O2. The van der Waals surface area contributed by atoms with E-state index in [1.54, 1.807) is 23.1 Å². The lowest BCUT2D eigenvalue weighted by molar-refractivity contribution is -0.127. The number of nitrogens with zero attached hydrogens (tertiary/aromatic N) is 2. The van der Waals surface area contributed by atoms with Crippen molar-refractivity contribution in [1.82, 2.24) is 15.1 Å². The van der Waals surface area contributed by atoms with Crippen molar-refractivity contribution in [2.75, 3.05) is 33.7 Å². The number of hydrogen-bond donors (Lipinski definition) is 1. The summed E-state index contributed by atoms with van der Waals surface area (Å²) in [4.78, 5) is 29.5. The van der Waals surface area contributed by atoms with Crippen LogP contribution in [0.1, 0.15) is 43.5 Å². The van der Waals surface area contributed by atoms with Crippen molar-refractivity contribution < 1.29 is 9.59 Å². The van der Waals surface area contributed by atoms with Gasteiger partial charge in [-0.3, -0.25) is 9.59 Å². The van der Waals surface area contributed by atoms with Gasteiger partial charge in [-0.1, -0.05) is 37.0 Å². The summed E-state index contributed by atoms with van der Waals surface area (Å²) in [6.07, 6.45) is 2.55. The summed E-state index contributed by atoms with van der Waals surface area (Å²) in [5, 5.41) is 3.99. The minimum atomic E-state index is -0.183. The molecule has 1 saturated heterocycles. The van der Waals surface area contributed by atoms with E-state index in [1.807, 2.05) is 14.1 Å². The van der Waals surface area contributed by atoms with Crippen LogP contribution in [-0.2, 0) is 4.79 Å². The van der Waals surface area contributed by atoms with Crippen LogP contribution in [0.25, 0.3) is 0 Å². The van der Waals surface area contributed by atoms with Crippen molar-refractivity contribution in [3.8, 4) is 0 Å². The summed E-state index contributed by atoms with van der Waals surface area (Å²) in [7, 11) is 4.02. The van der Waals surface area contributed by atoms with Crippen LogP contribution in [0.15, 0.2) is 18.2 Å². The van der Waals surface area contributed by atoms with E-state index in [2.05, 4.69) is 24.1 Å². The van der Waals surface area contributed by atoms with E-state index in [9.17, 15) is 9.59 Å². The Morgan fingerprint density at radius 1 is 1.25 bits per heavy atom. The molecule has 0 spiro atoms. The molecule has 156 valence electrons. The maximum absolute atomic E-state index is 12.9. The van der Waals surface area contributed by atoms with Crippen LogP contribution in [0, 0.1) is 11.8 Å². The molecule has 2 unspecified atom stereocenters. The second kappa shape index (κ2) is 10.5. The summed E-state index contributed by atoms with van der Waals surface area (Å²) in [6, 6.07) is 5.01. The Hall–Kier alpha value is -1.30. The van der Waals surface area contributed by atoms with E-state index in [0.29, 0.717) is 34.6 Å². The molecular weight excluding hydrogens is 397 g/mol. The number of likely N-dealkylation sites (N-methyl/N-ethyl adjacent to an activating group) is 1. The van der Waals surface area contributed by atoms with Gasteiger partial charge >= 0.3 is 0 Å². The van der Waals surface area contributed by atoms with Crippen LogP contribution in [0.3, 0.4) is 0 Å². The molecule has 0 aromatic heterocycles. The molecule has 0 radical (unpaired) electrons. The van der Waals surface area contributed by atoms with Crippen LogP contribution in [0.2, 0.25) is 10.0 Å². The number of piperidine rings is 1. The number of carbonyl (C=O) groups is 2. The second-order valence-corrected chi connectivity index (χ2v) is 9.13. The molecule has 7 heteroatoms. The second-order valence-electron chi connectivity index (χ2n) is 8.32. The zero-order valence-corrected chi connectivity index (χ0v) is 18.7. The van der Waals surface area contributed by atoms with Crippen molar-refractivity contribution in [3.63, 3.8) is 0 Å². The van der Waals surface area contributed by atoms with Gasteiger partial charge in [-0.2, -0.15) is 0 Å². The van der Waals surface area contributed by atoms with Gasteiger partial charge in [0.25, 0.3) is 5.91 Å². The SMILES string of the molecule is CC(C)CC(CN(C)C)NC(=O)C1CCCN(C(=O)c2ccc(Cl)c(Cl)c2)C1. The fourth-order valence-corrected chi connectivity index (χ4v) is 3.99. The van der Waals surface area contributed by atoms with Gasteiger partial charge in [-0.05, 0) is 57.5 Å². The van der Waals surface area contributed by atoms with Crippen molar-refractivity contribution in [3.05, 3.63) is 33.8 Å². The molecule has 28 heavy (non-hydrogen) atoms. The average Bonchev–Trinajstić information content (AvgIpc) is 2.62. The Bertz CT molecular complexity index is 684. The molecule has 1 aromatic rings. The zero-order valence-electron chi connectivity index (χ0n) is 17.2. The molecule has 0 saturated carbocycles. The minimum Gasteiger partial charge on any atom is -0.352 e. The van der Waals surface area contributed by atoms with Crippen molar-refractivity contribution >= 4 is 35.0 Å². The maximum Gasteiger partial charge on any atom is 0.253 e. The summed E-state index contributed by atoms with van der Waals surface area (Å²) >= 11 is 12.0. The van der Waals surface area contributed by atoms with Crippen LogP contribution < -0.4 is 5.32 Å². The lowest BCUT2D eigenvalue weighted by Gasteiger charge is -2.33. The van der Waals surface area contributed by atoms with Crippen LogP contribution in [0.4, 0.5) is 0 Å². The number of likely N-dealkylation sites (tertiary alicyclic amines) is 1. The van der Waals surface area contributed by atoms with E-state index < -0.39 is 0 Å². The van der Waals surface area contributed by atoms with Gasteiger partial charge in [0.15, 0.2) is 0 Å². The fraction of sp³-hybridized carbons (Fsp3) is 0.619. The normalized spacial score (nSPS) is 18.4. The first-order valence-corrected chi connectivity index (χ1v) is 10.6. The Kier molecular flexibility index (Phi) is 8.59. The number of hydrogen-bond acceptors (Lipinski definition) is 3. The third kappa shape index (κ3) is 6.64. The van der Waals surface area contributed by atoms with Crippen LogP contribution in [0.5, 0.6) is 0 Å². The largest absolute Gasteiger partial charge is 0.352 e. The van der Waals surface area contributed by atoms with E-state index in [-0.39, 0.29) is 23.8 Å². The molecule has 2 amide bonds. The lowest BCUT2D eigenvalue weighted by atomic mass is 9.95. The van der Waals surface area contributed by atoms with Gasteiger partial charge in [-0.15, -0.1) is 0 Å². The van der Waals surface area contributed by atoms with Crippen LogP contribution in [-0.4, -0.2) is 61.4 Å². The number of rotatable bonds is 7. The number of nitrogens with one attached hydrogen (secondary N) is 1. The smallest absolute Gasteiger partial charge is 0.253 e. The highest BCUT2D eigenvalue weighted by atomic mass is 35.5. The first-order chi connectivity index (χ1) is 13.2. The first-order valence-electron chi connectivity index (χ1n) is 9.86. The molecule has 5 nitrogen and oxygen atoms in total. The predicted octanol–water partition coefficient (Wildman–Crippen LogP) is 3.94. The summed E-state index contributed by atoms with van der Waals surface area (Å²) in [6.45, 7) is 6.21. The molecule has 2 atom stereocenters. The van der Waals surface area contributed by atoms with E-state index in [1.165, 1.54) is 0 Å². The number of halogens is 2. The quantitative estimate of drug-likeness (QED) is 0.716. The Morgan fingerprint density at radius 2 is 1.96 bits per heavy atom. The van der Waals surface area contributed by atoms with Crippen molar-refractivity contribution in [1.29, 1.82) is 0 Å². The van der Waals surface area contributed by atoms with Crippen molar-refractivity contribution in [2.24, 2.45) is 11.8 Å². The van der Waals surface area contributed by atoms with Gasteiger partial charge in [0.2, 0.25) is 5.91 Å². The predicted molar refractivity (Wildman–Crippen MR) is 115 cm³/mol. The maximum atomic E-state index is 12.9. The number of amides is 2. The third-order valence-corrected chi connectivity index (χ3v) is 5.67. The number of benzene rings is 1. The third-order valence-electron chi connectivity index (χ3n) is 4.93. The molecule has 1 fully saturated rings. The summed E-state index contributed by atoms with van der Waals surface area (Å²) in [5.41, 5.74) is 0.501. The van der Waals surface area contributed by atoms with Gasteiger partial charge in [0.1, 0.15) is 0 Å². The van der Waals surface area contributed by atoms with Crippen LogP contribution >= 0.6 is 23.2 Å². The molecule has 0 bridgehead atoms. The average molecular weight is 428 g/mol. The van der Waals surface area contributed by atoms with Crippen molar-refractivity contribution in [2.45, 2.75) is 39.2 Å². The molecule has 1 aliphatic heterocycles. The van der Waals surface area contributed by atoms with E-state index in [0.717, 1.165) is 25.8 Å². The summed E-state index contributed by atoms with van der Waals surface area (Å²) in [5.74, 6) is 0.254.